The van der Waals surface area contributed by atoms with Crippen molar-refractivity contribution in [2.75, 3.05) is 51.3 Å². The predicted octanol–water partition coefficient (Wildman–Crippen LogP) is 0.731. The van der Waals surface area contributed by atoms with Gasteiger partial charge in [0.05, 0.1) is 29.6 Å². The molecule has 0 radical (unpaired) electrons. The molecule has 0 aliphatic carbocycles. The molecule has 1 heterocycles. The van der Waals surface area contributed by atoms with Gasteiger partial charge in [-0.25, -0.2) is 8.42 Å². The van der Waals surface area contributed by atoms with Crippen LogP contribution in [-0.2, 0) is 14.8 Å². The summed E-state index contributed by atoms with van der Waals surface area (Å²) in [6, 6.07) is 4.06. The van der Waals surface area contributed by atoms with E-state index in [-0.39, 0.29) is 16.1 Å². The Balaban J connectivity index is 2.25. The molecule has 0 saturated carbocycles. The van der Waals surface area contributed by atoms with Crippen LogP contribution in [0.5, 0.6) is 0 Å². The monoisotopic (exact) mass is 415 g/mol. The van der Waals surface area contributed by atoms with Crippen molar-refractivity contribution in [3.05, 3.63) is 28.3 Å². The normalized spacial score (nSPS) is 16.3. The van der Waals surface area contributed by atoms with Crippen LogP contribution in [0.2, 0.25) is 0 Å². The summed E-state index contributed by atoms with van der Waals surface area (Å²) >= 11 is 0. The Morgan fingerprint density at radius 1 is 1.25 bits per heavy atom. The SMILES string of the molecule is CCN(CC)S(=O)(=O)c1ccc(NCC(C)(C)[NH+]2CCOCC2)c([N+](=O)[O-])c1. The van der Waals surface area contributed by atoms with Crippen molar-refractivity contribution in [1.29, 1.82) is 0 Å². The van der Waals surface area contributed by atoms with Gasteiger partial charge in [0.15, 0.2) is 0 Å². The molecule has 28 heavy (non-hydrogen) atoms. The van der Waals surface area contributed by atoms with E-state index in [2.05, 4.69) is 19.2 Å². The van der Waals surface area contributed by atoms with E-state index in [1.54, 1.807) is 13.8 Å². The molecule has 0 aromatic heterocycles. The van der Waals surface area contributed by atoms with Crippen molar-refractivity contribution >= 4 is 21.4 Å². The summed E-state index contributed by atoms with van der Waals surface area (Å²) in [5, 5.41) is 14.7. The second kappa shape index (κ2) is 9.17. The molecule has 1 aromatic carbocycles. The molecule has 1 aromatic rings. The zero-order chi connectivity index (χ0) is 20.9. The molecule has 1 aliphatic heterocycles. The maximum Gasteiger partial charge on any atom is 0.293 e. The van der Waals surface area contributed by atoms with Gasteiger partial charge in [-0.3, -0.25) is 10.1 Å². The molecule has 0 bridgehead atoms. The fourth-order valence-electron chi connectivity index (χ4n) is 3.42. The number of benzene rings is 1. The molecule has 0 amide bonds. The summed E-state index contributed by atoms with van der Waals surface area (Å²) in [6.45, 7) is 12.0. The summed E-state index contributed by atoms with van der Waals surface area (Å²) in [4.78, 5) is 12.3. The number of rotatable bonds is 9. The summed E-state index contributed by atoms with van der Waals surface area (Å²) in [6.07, 6.45) is 0. The highest BCUT2D eigenvalue weighted by Crippen LogP contribution is 2.29. The Morgan fingerprint density at radius 3 is 2.39 bits per heavy atom. The Bertz CT molecular complexity index is 787. The van der Waals surface area contributed by atoms with E-state index in [0.29, 0.717) is 38.5 Å². The Morgan fingerprint density at radius 2 is 1.86 bits per heavy atom. The first-order valence-electron chi connectivity index (χ1n) is 9.59. The number of nitrogens with zero attached hydrogens (tertiary/aromatic N) is 2. The molecule has 10 heteroatoms. The second-order valence-corrected chi connectivity index (χ2v) is 9.42. The maximum atomic E-state index is 12.7. The molecular weight excluding hydrogens is 384 g/mol. The third-order valence-corrected chi connectivity index (χ3v) is 7.33. The fraction of sp³-hybridized carbons (Fsp3) is 0.667. The quantitative estimate of drug-likeness (QED) is 0.455. The first kappa shape index (κ1) is 22.5. The summed E-state index contributed by atoms with van der Waals surface area (Å²) < 4.78 is 32.0. The lowest BCUT2D eigenvalue weighted by Gasteiger charge is -2.37. The largest absolute Gasteiger partial charge is 0.373 e. The van der Waals surface area contributed by atoms with Crippen LogP contribution in [0.1, 0.15) is 27.7 Å². The van der Waals surface area contributed by atoms with Crippen molar-refractivity contribution in [3.8, 4) is 0 Å². The molecule has 0 unspecified atom stereocenters. The third-order valence-electron chi connectivity index (χ3n) is 5.28. The van der Waals surface area contributed by atoms with Gasteiger partial charge in [-0.2, -0.15) is 4.31 Å². The van der Waals surface area contributed by atoms with Crippen LogP contribution < -0.4 is 10.2 Å². The molecule has 1 aliphatic rings. The smallest absolute Gasteiger partial charge is 0.293 e. The van der Waals surface area contributed by atoms with Crippen molar-refractivity contribution in [2.45, 2.75) is 38.1 Å². The van der Waals surface area contributed by atoms with Gasteiger partial charge in [-0.15, -0.1) is 0 Å². The molecule has 2 rings (SSSR count). The zero-order valence-electron chi connectivity index (χ0n) is 17.0. The average molecular weight is 416 g/mol. The van der Waals surface area contributed by atoms with E-state index in [1.807, 2.05) is 0 Å². The van der Waals surface area contributed by atoms with Crippen molar-refractivity contribution in [1.82, 2.24) is 4.31 Å². The summed E-state index contributed by atoms with van der Waals surface area (Å²) in [7, 11) is -3.75. The molecule has 2 N–H and O–H groups in total. The highest BCUT2D eigenvalue weighted by molar-refractivity contribution is 7.89. The van der Waals surface area contributed by atoms with Crippen LogP contribution in [0.15, 0.2) is 23.1 Å². The van der Waals surface area contributed by atoms with Crippen molar-refractivity contribution in [3.63, 3.8) is 0 Å². The minimum atomic E-state index is -3.75. The lowest BCUT2D eigenvalue weighted by molar-refractivity contribution is -0.953. The zero-order valence-corrected chi connectivity index (χ0v) is 17.8. The standard InChI is InChI=1S/C18H30N4O5S/c1-5-21(6-2)28(25,26)15-7-8-16(17(13-15)22(23)24)19-14-18(3,4)20-9-11-27-12-10-20/h7-8,13,19H,5-6,9-12,14H2,1-4H3/p+1. The number of anilines is 1. The highest BCUT2D eigenvalue weighted by atomic mass is 32.2. The van der Waals surface area contributed by atoms with Gasteiger partial charge < -0.3 is 15.0 Å². The van der Waals surface area contributed by atoms with E-state index >= 15 is 0 Å². The number of quaternary nitrogens is 1. The molecule has 9 nitrogen and oxygen atoms in total. The van der Waals surface area contributed by atoms with Gasteiger partial charge >= 0.3 is 0 Å². The summed E-state index contributed by atoms with van der Waals surface area (Å²) in [5.41, 5.74) is -0.0610. The van der Waals surface area contributed by atoms with E-state index < -0.39 is 14.9 Å². The molecule has 0 atom stereocenters. The minimum Gasteiger partial charge on any atom is -0.373 e. The number of sulfonamides is 1. The topological polar surface area (TPSA) is 106 Å². The Kier molecular flexibility index (Phi) is 7.38. The van der Waals surface area contributed by atoms with Gasteiger partial charge in [-0.1, -0.05) is 13.8 Å². The number of hydrogen-bond donors (Lipinski definition) is 2. The van der Waals surface area contributed by atoms with Gasteiger partial charge in [0, 0.05) is 19.2 Å². The summed E-state index contributed by atoms with van der Waals surface area (Å²) in [5.74, 6) is 0. The maximum absolute atomic E-state index is 12.7. The van der Waals surface area contributed by atoms with E-state index in [1.165, 1.54) is 21.3 Å². The van der Waals surface area contributed by atoms with Gasteiger partial charge in [-0.05, 0) is 26.0 Å². The fourth-order valence-corrected chi connectivity index (χ4v) is 4.90. The first-order chi connectivity index (χ1) is 13.1. The van der Waals surface area contributed by atoms with Crippen LogP contribution in [0, 0.1) is 10.1 Å². The van der Waals surface area contributed by atoms with Crippen LogP contribution in [-0.4, -0.2) is 69.1 Å². The van der Waals surface area contributed by atoms with Gasteiger partial charge in [0.1, 0.15) is 24.3 Å². The van der Waals surface area contributed by atoms with Crippen molar-refractivity contribution in [2.24, 2.45) is 0 Å². The van der Waals surface area contributed by atoms with E-state index in [0.717, 1.165) is 19.2 Å². The first-order valence-corrected chi connectivity index (χ1v) is 11.0. The Hall–Kier alpha value is -1.75. The lowest BCUT2D eigenvalue weighted by atomic mass is 10.0. The van der Waals surface area contributed by atoms with Gasteiger partial charge in [0.25, 0.3) is 5.69 Å². The molecule has 158 valence electrons. The van der Waals surface area contributed by atoms with E-state index in [4.69, 9.17) is 4.74 Å². The molecule has 1 saturated heterocycles. The van der Waals surface area contributed by atoms with E-state index in [9.17, 15) is 18.5 Å². The molecule has 0 spiro atoms. The number of nitro groups is 1. The lowest BCUT2D eigenvalue weighted by Crippen LogP contribution is -3.21. The van der Waals surface area contributed by atoms with Crippen LogP contribution >= 0.6 is 0 Å². The second-order valence-electron chi connectivity index (χ2n) is 7.48. The molecular formula is C18H31N4O5S+. The number of nitro benzene ring substituents is 1. The number of nitrogens with one attached hydrogen (secondary N) is 2. The van der Waals surface area contributed by atoms with Crippen LogP contribution in [0.25, 0.3) is 0 Å². The molecule has 1 fully saturated rings. The predicted molar refractivity (Wildman–Crippen MR) is 107 cm³/mol. The average Bonchev–Trinajstić information content (AvgIpc) is 2.67. The van der Waals surface area contributed by atoms with Crippen LogP contribution in [0.3, 0.4) is 0 Å². The minimum absolute atomic E-state index is 0.0634. The van der Waals surface area contributed by atoms with Crippen LogP contribution in [0.4, 0.5) is 11.4 Å². The number of ether oxygens (including phenoxy) is 1. The number of hydrogen-bond acceptors (Lipinski definition) is 6. The number of morpholine rings is 1. The van der Waals surface area contributed by atoms with Gasteiger partial charge in [0.2, 0.25) is 10.0 Å². The highest BCUT2D eigenvalue weighted by Gasteiger charge is 2.33. The third kappa shape index (κ3) is 4.99. The Labute approximate surface area is 166 Å². The van der Waals surface area contributed by atoms with Crippen molar-refractivity contribution < 1.29 is 23.0 Å².